The zero-order valence-electron chi connectivity index (χ0n) is 18.6. The van der Waals surface area contributed by atoms with E-state index in [0.29, 0.717) is 18.8 Å². The van der Waals surface area contributed by atoms with Crippen molar-refractivity contribution in [2.24, 2.45) is 0 Å². The summed E-state index contributed by atoms with van der Waals surface area (Å²) in [6.45, 7) is 6.27. The highest BCUT2D eigenvalue weighted by molar-refractivity contribution is 7.89. The maximum atomic E-state index is 12.5. The third-order valence-electron chi connectivity index (χ3n) is 5.36. The lowest BCUT2D eigenvalue weighted by molar-refractivity contribution is -0.130. The SMILES string of the molecule is C=CCN(C)S(=O)(=O)c1ccc(NC(=O)NCC(=O)N2CCN(c3ccccc3)CC2)cc1. The predicted molar refractivity (Wildman–Crippen MR) is 129 cm³/mol. The maximum Gasteiger partial charge on any atom is 0.319 e. The Morgan fingerprint density at radius 2 is 1.67 bits per heavy atom. The number of urea groups is 1. The van der Waals surface area contributed by atoms with E-state index in [1.807, 2.05) is 30.3 Å². The van der Waals surface area contributed by atoms with Crippen LogP contribution in [-0.2, 0) is 14.8 Å². The zero-order chi connectivity index (χ0) is 23.8. The Bertz CT molecular complexity index is 1070. The third-order valence-corrected chi connectivity index (χ3v) is 7.20. The summed E-state index contributed by atoms with van der Waals surface area (Å²) in [4.78, 5) is 28.7. The molecular formula is C23H29N5O4S. The zero-order valence-corrected chi connectivity index (χ0v) is 19.4. The van der Waals surface area contributed by atoms with Crippen LogP contribution < -0.4 is 15.5 Å². The average molecular weight is 472 g/mol. The quantitative estimate of drug-likeness (QED) is 0.573. The smallest absolute Gasteiger partial charge is 0.319 e. The Balaban J connectivity index is 1.45. The maximum absolute atomic E-state index is 12.5. The van der Waals surface area contributed by atoms with Crippen LogP contribution in [0.2, 0.25) is 0 Å². The van der Waals surface area contributed by atoms with Crippen molar-refractivity contribution in [2.45, 2.75) is 4.90 Å². The Hall–Kier alpha value is -3.37. The number of benzene rings is 2. The summed E-state index contributed by atoms with van der Waals surface area (Å²) < 4.78 is 26.0. The van der Waals surface area contributed by atoms with E-state index in [0.717, 1.165) is 18.8 Å². The van der Waals surface area contributed by atoms with Gasteiger partial charge in [-0.3, -0.25) is 4.79 Å². The fourth-order valence-corrected chi connectivity index (χ4v) is 4.61. The number of hydrogen-bond donors (Lipinski definition) is 2. The van der Waals surface area contributed by atoms with Crippen LogP contribution >= 0.6 is 0 Å². The number of hydrogen-bond acceptors (Lipinski definition) is 5. The van der Waals surface area contributed by atoms with Crippen molar-refractivity contribution in [2.75, 3.05) is 56.5 Å². The summed E-state index contributed by atoms with van der Waals surface area (Å²) in [6, 6.07) is 15.3. The Morgan fingerprint density at radius 1 is 1.03 bits per heavy atom. The second kappa shape index (κ2) is 11.0. The van der Waals surface area contributed by atoms with Gasteiger partial charge in [-0.15, -0.1) is 6.58 Å². The molecule has 176 valence electrons. The number of piperazine rings is 1. The molecular weight excluding hydrogens is 442 g/mol. The van der Waals surface area contributed by atoms with Crippen molar-refractivity contribution in [3.63, 3.8) is 0 Å². The largest absolute Gasteiger partial charge is 0.368 e. The van der Waals surface area contributed by atoms with Crippen molar-refractivity contribution >= 4 is 33.3 Å². The summed E-state index contributed by atoms with van der Waals surface area (Å²) >= 11 is 0. The van der Waals surface area contributed by atoms with E-state index in [1.54, 1.807) is 4.90 Å². The molecule has 0 saturated carbocycles. The topological polar surface area (TPSA) is 102 Å². The number of rotatable bonds is 8. The van der Waals surface area contributed by atoms with Gasteiger partial charge in [-0.05, 0) is 36.4 Å². The predicted octanol–water partition coefficient (Wildman–Crippen LogP) is 1.96. The highest BCUT2D eigenvalue weighted by Gasteiger charge is 2.22. The van der Waals surface area contributed by atoms with Crippen LogP contribution in [0.4, 0.5) is 16.2 Å². The molecule has 0 spiro atoms. The lowest BCUT2D eigenvalue weighted by Crippen LogP contribution is -2.51. The summed E-state index contributed by atoms with van der Waals surface area (Å²) in [5.74, 6) is -0.149. The van der Waals surface area contributed by atoms with E-state index < -0.39 is 16.1 Å². The van der Waals surface area contributed by atoms with Crippen LogP contribution in [0.25, 0.3) is 0 Å². The van der Waals surface area contributed by atoms with Gasteiger partial charge < -0.3 is 20.4 Å². The van der Waals surface area contributed by atoms with Crippen molar-refractivity contribution in [3.8, 4) is 0 Å². The summed E-state index contributed by atoms with van der Waals surface area (Å²) in [5.41, 5.74) is 1.55. The fraction of sp³-hybridized carbons (Fsp3) is 0.304. The van der Waals surface area contributed by atoms with E-state index in [9.17, 15) is 18.0 Å². The highest BCUT2D eigenvalue weighted by Crippen LogP contribution is 2.18. The van der Waals surface area contributed by atoms with Gasteiger partial charge >= 0.3 is 6.03 Å². The van der Waals surface area contributed by atoms with Gasteiger partial charge in [0.2, 0.25) is 15.9 Å². The number of nitrogens with one attached hydrogen (secondary N) is 2. The minimum absolute atomic E-state index is 0.114. The molecule has 1 aliphatic heterocycles. The molecule has 0 aliphatic carbocycles. The van der Waals surface area contributed by atoms with Crippen LogP contribution in [-0.4, -0.2) is 75.9 Å². The fourth-order valence-electron chi connectivity index (χ4n) is 3.47. The molecule has 1 fully saturated rings. The number of para-hydroxylation sites is 1. The standard InChI is InChI=1S/C23H29N5O4S/c1-3-13-26(2)33(31,32)21-11-9-19(10-12-21)25-23(30)24-18-22(29)28-16-14-27(15-17-28)20-7-5-4-6-8-20/h3-12H,1,13-18H2,2H3,(H2,24,25,30). The number of anilines is 2. The number of amides is 3. The molecule has 0 atom stereocenters. The number of carbonyl (C=O) groups excluding carboxylic acids is 2. The number of nitrogens with zero attached hydrogens (tertiary/aromatic N) is 3. The number of carbonyl (C=O) groups is 2. The minimum Gasteiger partial charge on any atom is -0.368 e. The van der Waals surface area contributed by atoms with Gasteiger partial charge in [0.25, 0.3) is 0 Å². The van der Waals surface area contributed by atoms with Gasteiger partial charge in [0.05, 0.1) is 11.4 Å². The van der Waals surface area contributed by atoms with Crippen molar-refractivity contribution < 1.29 is 18.0 Å². The second-order valence-electron chi connectivity index (χ2n) is 7.61. The molecule has 1 aliphatic rings. The molecule has 0 aromatic heterocycles. The van der Waals surface area contributed by atoms with Crippen LogP contribution in [0.1, 0.15) is 0 Å². The van der Waals surface area contributed by atoms with Crippen LogP contribution in [0, 0.1) is 0 Å². The van der Waals surface area contributed by atoms with Crippen LogP contribution in [0.3, 0.4) is 0 Å². The van der Waals surface area contributed by atoms with Gasteiger partial charge in [-0.1, -0.05) is 24.3 Å². The van der Waals surface area contributed by atoms with Crippen molar-refractivity contribution in [3.05, 3.63) is 67.3 Å². The Labute approximate surface area is 194 Å². The first-order chi connectivity index (χ1) is 15.8. The minimum atomic E-state index is -3.62. The number of sulfonamides is 1. The van der Waals surface area contributed by atoms with E-state index in [-0.39, 0.29) is 23.9 Å². The molecule has 10 heteroatoms. The molecule has 1 saturated heterocycles. The first-order valence-corrected chi connectivity index (χ1v) is 12.0. The Kier molecular flexibility index (Phi) is 8.07. The molecule has 9 nitrogen and oxygen atoms in total. The lowest BCUT2D eigenvalue weighted by atomic mass is 10.2. The third kappa shape index (κ3) is 6.33. The Morgan fingerprint density at radius 3 is 2.27 bits per heavy atom. The average Bonchev–Trinajstić information content (AvgIpc) is 2.83. The molecule has 2 aromatic rings. The van der Waals surface area contributed by atoms with E-state index in [2.05, 4.69) is 22.1 Å². The van der Waals surface area contributed by atoms with Gasteiger partial charge in [-0.2, -0.15) is 4.31 Å². The molecule has 0 radical (unpaired) electrons. The highest BCUT2D eigenvalue weighted by atomic mass is 32.2. The second-order valence-corrected chi connectivity index (χ2v) is 9.65. The van der Waals surface area contributed by atoms with E-state index in [1.165, 1.54) is 41.7 Å². The molecule has 33 heavy (non-hydrogen) atoms. The number of likely N-dealkylation sites (N-methyl/N-ethyl adjacent to an activating group) is 1. The molecule has 0 unspecified atom stereocenters. The summed E-state index contributed by atoms with van der Waals surface area (Å²) in [5, 5.41) is 5.17. The van der Waals surface area contributed by atoms with Crippen molar-refractivity contribution in [1.29, 1.82) is 0 Å². The molecule has 3 amide bonds. The first kappa shape index (κ1) is 24.3. The van der Waals surface area contributed by atoms with Crippen LogP contribution in [0.15, 0.2) is 72.1 Å². The van der Waals surface area contributed by atoms with Gasteiger partial charge in [0.1, 0.15) is 0 Å². The normalized spacial score (nSPS) is 14.1. The van der Waals surface area contributed by atoms with Crippen LogP contribution in [0.5, 0.6) is 0 Å². The monoisotopic (exact) mass is 471 g/mol. The van der Waals surface area contributed by atoms with Gasteiger partial charge in [-0.25, -0.2) is 13.2 Å². The lowest BCUT2D eigenvalue weighted by Gasteiger charge is -2.36. The van der Waals surface area contributed by atoms with E-state index in [4.69, 9.17) is 0 Å². The van der Waals surface area contributed by atoms with Gasteiger partial charge in [0.15, 0.2) is 0 Å². The molecule has 1 heterocycles. The molecule has 2 N–H and O–H groups in total. The molecule has 3 rings (SSSR count). The summed E-state index contributed by atoms with van der Waals surface area (Å²) in [7, 11) is -2.15. The first-order valence-electron chi connectivity index (χ1n) is 10.6. The molecule has 0 bridgehead atoms. The summed E-state index contributed by atoms with van der Waals surface area (Å²) in [6.07, 6.45) is 1.50. The van der Waals surface area contributed by atoms with Gasteiger partial charge in [0, 0.05) is 51.1 Å². The van der Waals surface area contributed by atoms with E-state index >= 15 is 0 Å². The molecule has 2 aromatic carbocycles. The van der Waals surface area contributed by atoms with Crippen molar-refractivity contribution in [1.82, 2.24) is 14.5 Å².